The van der Waals surface area contributed by atoms with Crippen molar-refractivity contribution < 1.29 is 19.4 Å². The second kappa shape index (κ2) is 13.9. The van der Waals surface area contributed by atoms with Crippen molar-refractivity contribution in [2.45, 2.75) is 50.7 Å². The van der Waals surface area contributed by atoms with Crippen LogP contribution in [0.25, 0.3) is 11.1 Å². The van der Waals surface area contributed by atoms with E-state index in [-0.39, 0.29) is 30.8 Å². The number of carbonyl (C=O) groups is 1. The summed E-state index contributed by atoms with van der Waals surface area (Å²) in [4.78, 5) is 12.0. The Hall–Kier alpha value is -3.77. The van der Waals surface area contributed by atoms with Crippen molar-refractivity contribution in [3.8, 4) is 11.1 Å². The molecule has 4 atom stereocenters. The smallest absolute Gasteiger partial charge is 0.315 e. The minimum atomic E-state index is -0.573. The highest BCUT2D eigenvalue weighted by Crippen LogP contribution is 2.43. The molecule has 42 heavy (non-hydrogen) atoms. The predicted molar refractivity (Wildman–Crippen MR) is 160 cm³/mol. The molecule has 0 spiro atoms. The topological polar surface area (TPSA) is 123 Å². The van der Waals surface area contributed by atoms with Crippen molar-refractivity contribution in [3.05, 3.63) is 95.1 Å². The number of amides is 2. The summed E-state index contributed by atoms with van der Waals surface area (Å²) >= 11 is 1.55. The molecule has 0 aliphatic carbocycles. The van der Waals surface area contributed by atoms with Gasteiger partial charge in [-0.1, -0.05) is 91.5 Å². The van der Waals surface area contributed by atoms with Crippen LogP contribution in [0.3, 0.4) is 0 Å². The monoisotopic (exact) mass is 588 g/mol. The molecule has 1 fully saturated rings. The van der Waals surface area contributed by atoms with Crippen molar-refractivity contribution in [1.29, 1.82) is 0 Å². The van der Waals surface area contributed by atoms with Gasteiger partial charge in [-0.25, -0.2) is 9.48 Å². The van der Waals surface area contributed by atoms with Gasteiger partial charge >= 0.3 is 6.03 Å². The number of benzene rings is 3. The maximum absolute atomic E-state index is 12.0. The largest absolute Gasteiger partial charge is 0.392 e. The third-order valence-electron chi connectivity index (χ3n) is 7.37. The lowest BCUT2D eigenvalue weighted by Gasteiger charge is -2.41. The summed E-state index contributed by atoms with van der Waals surface area (Å²) in [6.45, 7) is 5.02. The fourth-order valence-electron chi connectivity index (χ4n) is 4.98. The SMILES string of the molecule is CCNC(=O)NCc1ccccc1-c1ccc([C@@H]2O[C@H](CSc3nnnn3C)[C@H](C)[C@H](c3ccc(CO)cc3)O2)cc1. The van der Waals surface area contributed by atoms with Crippen LogP contribution in [0, 0.1) is 5.92 Å². The van der Waals surface area contributed by atoms with E-state index >= 15 is 0 Å². The molecule has 0 bridgehead atoms. The number of rotatable bonds is 10. The molecule has 1 aliphatic heterocycles. The lowest BCUT2D eigenvalue weighted by molar-refractivity contribution is -0.268. The Bertz CT molecular complexity index is 1460. The van der Waals surface area contributed by atoms with Gasteiger partial charge in [0.2, 0.25) is 5.16 Å². The number of aryl methyl sites for hydroxylation is 1. The first-order chi connectivity index (χ1) is 20.5. The van der Waals surface area contributed by atoms with Crippen molar-refractivity contribution >= 4 is 17.8 Å². The van der Waals surface area contributed by atoms with Gasteiger partial charge in [0.25, 0.3) is 0 Å². The number of aromatic nitrogens is 4. The van der Waals surface area contributed by atoms with Crippen LogP contribution in [0.1, 0.15) is 48.5 Å². The van der Waals surface area contributed by atoms with Crippen LogP contribution in [0.2, 0.25) is 0 Å². The Morgan fingerprint density at radius 1 is 1.00 bits per heavy atom. The van der Waals surface area contributed by atoms with Crippen LogP contribution < -0.4 is 10.6 Å². The number of hydrogen-bond acceptors (Lipinski definition) is 8. The molecule has 5 rings (SSSR count). The number of tetrazole rings is 1. The Kier molecular flexibility index (Phi) is 9.85. The predicted octanol–water partition coefficient (Wildman–Crippen LogP) is 4.77. The maximum Gasteiger partial charge on any atom is 0.315 e. The number of nitrogens with zero attached hydrogens (tertiary/aromatic N) is 4. The van der Waals surface area contributed by atoms with Gasteiger partial charge in [0.1, 0.15) is 0 Å². The average molecular weight is 589 g/mol. The molecule has 2 amide bonds. The van der Waals surface area contributed by atoms with Crippen molar-refractivity contribution in [2.24, 2.45) is 13.0 Å². The number of carbonyl (C=O) groups excluding carboxylic acids is 1. The molecule has 3 N–H and O–H groups in total. The minimum Gasteiger partial charge on any atom is -0.392 e. The third kappa shape index (κ3) is 6.99. The highest BCUT2D eigenvalue weighted by Gasteiger charge is 2.38. The number of hydrogen-bond donors (Lipinski definition) is 3. The van der Waals surface area contributed by atoms with Gasteiger partial charge in [0.15, 0.2) is 6.29 Å². The van der Waals surface area contributed by atoms with Crippen LogP contribution in [0.5, 0.6) is 0 Å². The molecule has 0 saturated carbocycles. The summed E-state index contributed by atoms with van der Waals surface area (Å²) in [6.07, 6.45) is -0.912. The second-order valence-electron chi connectivity index (χ2n) is 10.2. The zero-order valence-electron chi connectivity index (χ0n) is 23.9. The second-order valence-corrected chi connectivity index (χ2v) is 11.2. The Morgan fingerprint density at radius 2 is 1.74 bits per heavy atom. The van der Waals surface area contributed by atoms with Crippen LogP contribution in [-0.2, 0) is 29.7 Å². The number of aliphatic hydroxyl groups is 1. The summed E-state index contributed by atoms with van der Waals surface area (Å²) in [5.41, 5.74) is 5.91. The molecule has 4 aromatic rings. The molecule has 0 radical (unpaired) electrons. The minimum absolute atomic E-state index is 0.00439. The van der Waals surface area contributed by atoms with Crippen molar-refractivity contribution in [3.63, 3.8) is 0 Å². The van der Waals surface area contributed by atoms with E-state index in [1.165, 1.54) is 0 Å². The molecule has 10 nitrogen and oxygen atoms in total. The molecular formula is C31H36N6O4S. The van der Waals surface area contributed by atoms with Gasteiger partial charge in [-0.2, -0.15) is 0 Å². The first kappa shape index (κ1) is 29.7. The number of urea groups is 1. The van der Waals surface area contributed by atoms with Crippen molar-refractivity contribution in [2.75, 3.05) is 12.3 Å². The molecule has 3 aromatic carbocycles. The highest BCUT2D eigenvalue weighted by atomic mass is 32.2. The molecule has 11 heteroatoms. The zero-order chi connectivity index (χ0) is 29.5. The standard InChI is InChI=1S/C31H36N6O4S/c1-4-32-30(39)33-17-25-7-5-6-8-26(25)22-13-15-24(16-14-22)29-40-27(19-42-31-34-35-36-37(31)3)20(2)28(41-29)23-11-9-21(18-38)10-12-23/h5-16,20,27-29,38H,4,17-19H2,1-3H3,(H2,32,33,39)/t20-,27+,28+,29+/m0/s1. The Balaban J connectivity index is 1.37. The molecule has 1 aromatic heterocycles. The number of aliphatic hydroxyl groups excluding tert-OH is 1. The number of thioether (sulfide) groups is 1. The fraction of sp³-hybridized carbons (Fsp3) is 0.355. The lowest BCUT2D eigenvalue weighted by atomic mass is 9.91. The molecule has 220 valence electrons. The van der Waals surface area contributed by atoms with Gasteiger partial charge in [-0.05, 0) is 45.2 Å². The zero-order valence-corrected chi connectivity index (χ0v) is 24.8. The van der Waals surface area contributed by atoms with Crippen LogP contribution >= 0.6 is 11.8 Å². The first-order valence-electron chi connectivity index (χ1n) is 14.0. The third-order valence-corrected chi connectivity index (χ3v) is 8.47. The van der Waals surface area contributed by atoms with Crippen LogP contribution in [0.4, 0.5) is 4.79 Å². The average Bonchev–Trinajstić information content (AvgIpc) is 3.44. The quantitative estimate of drug-likeness (QED) is 0.226. The van der Waals surface area contributed by atoms with E-state index < -0.39 is 6.29 Å². The van der Waals surface area contributed by atoms with E-state index in [1.807, 2.05) is 68.6 Å². The summed E-state index contributed by atoms with van der Waals surface area (Å²) in [6, 6.07) is 23.9. The number of ether oxygens (including phenoxy) is 2. The van der Waals surface area contributed by atoms with Gasteiger partial charge in [-0.15, -0.1) is 5.10 Å². The molecule has 1 aliphatic rings. The summed E-state index contributed by atoms with van der Waals surface area (Å²) in [7, 11) is 1.82. The highest BCUT2D eigenvalue weighted by molar-refractivity contribution is 7.99. The maximum atomic E-state index is 12.0. The number of nitrogens with one attached hydrogen (secondary N) is 2. The van der Waals surface area contributed by atoms with Gasteiger partial charge < -0.3 is 25.2 Å². The Morgan fingerprint density at radius 3 is 2.43 bits per heavy atom. The first-order valence-corrected chi connectivity index (χ1v) is 15.0. The van der Waals surface area contributed by atoms with E-state index in [0.717, 1.165) is 38.5 Å². The molecule has 0 unspecified atom stereocenters. The van der Waals surface area contributed by atoms with E-state index in [4.69, 9.17) is 9.47 Å². The van der Waals surface area contributed by atoms with E-state index in [2.05, 4.69) is 51.3 Å². The van der Waals surface area contributed by atoms with Crippen LogP contribution in [-0.4, -0.2) is 49.7 Å². The van der Waals surface area contributed by atoms with Gasteiger partial charge in [-0.3, -0.25) is 0 Å². The van der Waals surface area contributed by atoms with Crippen molar-refractivity contribution in [1.82, 2.24) is 30.8 Å². The van der Waals surface area contributed by atoms with E-state index in [9.17, 15) is 9.90 Å². The Labute approximate surface area is 249 Å². The molecule has 2 heterocycles. The van der Waals surface area contributed by atoms with E-state index in [0.29, 0.717) is 18.8 Å². The van der Waals surface area contributed by atoms with Gasteiger partial charge in [0, 0.05) is 37.4 Å². The summed E-state index contributed by atoms with van der Waals surface area (Å²) in [5, 5.41) is 27.7. The van der Waals surface area contributed by atoms with Gasteiger partial charge in [0.05, 0.1) is 18.8 Å². The lowest BCUT2D eigenvalue weighted by Crippen LogP contribution is -2.38. The summed E-state index contributed by atoms with van der Waals surface area (Å²) < 4.78 is 14.8. The normalized spacial score (nSPS) is 20.3. The van der Waals surface area contributed by atoms with Crippen LogP contribution in [0.15, 0.2) is 78.0 Å². The van der Waals surface area contributed by atoms with E-state index in [1.54, 1.807) is 16.4 Å². The molecule has 1 saturated heterocycles. The fourth-order valence-corrected chi connectivity index (χ4v) is 6.00. The summed E-state index contributed by atoms with van der Waals surface area (Å²) in [5.74, 6) is 0.711. The molecular weight excluding hydrogens is 552 g/mol.